The second-order valence-corrected chi connectivity index (χ2v) is 15.0. The number of rotatable bonds is 17. The summed E-state index contributed by atoms with van der Waals surface area (Å²) in [6.07, 6.45) is 2.67. The fourth-order valence-corrected chi connectivity index (χ4v) is 8.54. The number of nitrogens with two attached hydrogens (primary N) is 1. The van der Waals surface area contributed by atoms with Gasteiger partial charge in [-0.05, 0) is 75.1 Å². The topological polar surface area (TPSA) is 160 Å². The highest BCUT2D eigenvalue weighted by Crippen LogP contribution is 2.51. The maximum Gasteiger partial charge on any atom is 0.350 e. The van der Waals surface area contributed by atoms with E-state index in [0.29, 0.717) is 24.1 Å². The van der Waals surface area contributed by atoms with Crippen molar-refractivity contribution < 1.29 is 28.1 Å². The third-order valence-corrected chi connectivity index (χ3v) is 11.4. The van der Waals surface area contributed by atoms with Gasteiger partial charge in [-0.15, -0.1) is 0 Å². The number of nitrogens with one attached hydrogen (secondary N) is 1. The van der Waals surface area contributed by atoms with Gasteiger partial charge in [0.1, 0.15) is 23.2 Å². The summed E-state index contributed by atoms with van der Waals surface area (Å²) in [5.41, 5.74) is 7.95. The number of anilines is 1. The van der Waals surface area contributed by atoms with E-state index in [2.05, 4.69) is 64.7 Å². The van der Waals surface area contributed by atoms with Crippen LogP contribution >= 0.6 is 8.53 Å². The fourth-order valence-electron chi connectivity index (χ4n) is 6.96. The Morgan fingerprint density at radius 1 is 0.982 bits per heavy atom. The minimum atomic E-state index is -1.69. The second-order valence-electron chi connectivity index (χ2n) is 13.7. The van der Waals surface area contributed by atoms with Gasteiger partial charge in [0.05, 0.1) is 39.2 Å². The minimum Gasteiger partial charge on any atom is -0.497 e. The predicted molar refractivity (Wildman–Crippen MR) is 212 cm³/mol. The van der Waals surface area contributed by atoms with Gasteiger partial charge >= 0.3 is 14.2 Å². The Hall–Kier alpha value is -4.85. The van der Waals surface area contributed by atoms with Gasteiger partial charge in [-0.2, -0.15) is 14.6 Å². The molecule has 5 aromatic rings. The molecule has 0 radical (unpaired) electrons. The lowest BCUT2D eigenvalue weighted by atomic mass is 9.80. The van der Waals surface area contributed by atoms with Gasteiger partial charge in [0, 0.05) is 30.3 Å². The molecule has 0 saturated carbocycles. The largest absolute Gasteiger partial charge is 0.497 e. The summed E-state index contributed by atoms with van der Waals surface area (Å²) >= 11 is 0. The van der Waals surface area contributed by atoms with Gasteiger partial charge in [-0.25, -0.2) is 9.46 Å². The number of nitrogen functional groups attached to an aromatic ring is 1. The number of methoxy groups -OCH3 is 2. The quantitative estimate of drug-likeness (QED) is 0.0434. The molecule has 292 valence electrons. The Bertz CT molecular complexity index is 2020. The number of aromatic nitrogens is 4. The number of aromatic amines is 1. The van der Waals surface area contributed by atoms with Crippen LogP contribution in [-0.2, 0) is 24.2 Å². The molecule has 0 bridgehead atoms. The molecule has 1 saturated heterocycles. The molecule has 0 spiro atoms. The molecule has 3 N–H and O–H groups in total. The first-order valence-corrected chi connectivity index (χ1v) is 19.5. The molecule has 0 aliphatic carbocycles. The van der Waals surface area contributed by atoms with E-state index in [9.17, 15) is 4.79 Å². The normalized spacial score (nSPS) is 18.2. The fraction of sp³-hybridized carbons (Fsp3) is 0.400. The van der Waals surface area contributed by atoms with Crippen molar-refractivity contribution in [2.75, 3.05) is 26.6 Å². The first-order chi connectivity index (χ1) is 26.6. The van der Waals surface area contributed by atoms with Crippen LogP contribution in [0.5, 0.6) is 11.5 Å². The number of hydrogen-bond acceptors (Lipinski definition) is 12. The molecule has 0 amide bonds. The highest BCUT2D eigenvalue weighted by Gasteiger charge is 2.46. The van der Waals surface area contributed by atoms with Crippen molar-refractivity contribution in [1.29, 1.82) is 0 Å². The van der Waals surface area contributed by atoms with Crippen LogP contribution in [0.3, 0.4) is 0 Å². The third-order valence-electron chi connectivity index (χ3n) is 9.46. The summed E-state index contributed by atoms with van der Waals surface area (Å²) in [6, 6.07) is 26.0. The van der Waals surface area contributed by atoms with Crippen LogP contribution in [0.1, 0.15) is 75.8 Å². The van der Waals surface area contributed by atoms with E-state index >= 15 is 0 Å². The lowest BCUT2D eigenvalue weighted by Gasteiger charge is -2.38. The van der Waals surface area contributed by atoms with E-state index in [1.54, 1.807) is 26.6 Å². The molecule has 6 rings (SSSR count). The summed E-state index contributed by atoms with van der Waals surface area (Å²) in [7, 11) is 1.59. The summed E-state index contributed by atoms with van der Waals surface area (Å²) < 4.78 is 41.7. The van der Waals surface area contributed by atoms with Crippen molar-refractivity contribution in [2.24, 2.45) is 5.16 Å². The maximum atomic E-state index is 12.7. The molecular weight excluding hydrogens is 721 g/mol. The average Bonchev–Trinajstić information content (AvgIpc) is 3.79. The zero-order chi connectivity index (χ0) is 39.1. The monoisotopic (exact) mass is 771 g/mol. The number of oxime groups is 1. The Labute approximate surface area is 322 Å². The number of nitrogens with zero attached hydrogens (tertiary/aromatic N) is 5. The second kappa shape index (κ2) is 17.7. The van der Waals surface area contributed by atoms with Crippen LogP contribution in [0.15, 0.2) is 95.0 Å². The minimum absolute atomic E-state index is 0.0215. The predicted octanol–water partition coefficient (Wildman–Crippen LogP) is 7.00. The van der Waals surface area contributed by atoms with E-state index in [-0.39, 0.29) is 24.6 Å². The first-order valence-electron chi connectivity index (χ1n) is 18.4. The van der Waals surface area contributed by atoms with Gasteiger partial charge in [-0.3, -0.25) is 4.98 Å². The Balaban J connectivity index is 1.45. The first kappa shape index (κ1) is 39.8. The molecule has 2 aromatic heterocycles. The molecule has 3 aromatic carbocycles. The average molecular weight is 772 g/mol. The van der Waals surface area contributed by atoms with Crippen molar-refractivity contribution in [3.8, 4) is 11.5 Å². The van der Waals surface area contributed by atoms with Crippen molar-refractivity contribution in [1.82, 2.24) is 24.3 Å². The van der Waals surface area contributed by atoms with E-state index in [0.717, 1.165) is 28.2 Å². The van der Waals surface area contributed by atoms with Crippen LogP contribution < -0.4 is 20.9 Å². The number of fused-ring (bicyclic) bond motifs is 1. The standard InChI is InChI=1S/C40H50N7O7P/c1-8-22-43-54-55(47(26(2)3)27(4)5)53-35-23-34(33-24-42-46-37(33)44-38(41)45-39(46)48)52-36(35)25-51-40(28-12-10-9-11-13-28,29-14-18-31(49-6)19-15-29)30-16-20-32(50-7)21-17-30/h9-22,24,26-27,34-36H,8,23,25H2,1-7H3,(H3,41,44,45,48)/b43-22+. The number of ether oxygens (including phenoxy) is 4. The summed E-state index contributed by atoms with van der Waals surface area (Å²) in [6.45, 7) is 10.5. The van der Waals surface area contributed by atoms with Crippen molar-refractivity contribution in [3.05, 3.63) is 118 Å². The van der Waals surface area contributed by atoms with E-state index in [4.69, 9.17) is 33.8 Å². The van der Waals surface area contributed by atoms with Crippen LogP contribution in [0.4, 0.5) is 5.95 Å². The molecule has 15 heteroatoms. The molecule has 4 atom stereocenters. The highest BCUT2D eigenvalue weighted by molar-refractivity contribution is 7.44. The van der Waals surface area contributed by atoms with E-state index in [1.807, 2.05) is 73.7 Å². The molecule has 14 nitrogen and oxygen atoms in total. The van der Waals surface area contributed by atoms with Crippen molar-refractivity contribution in [2.45, 2.75) is 83.5 Å². The Morgan fingerprint density at radius 2 is 1.58 bits per heavy atom. The lowest BCUT2D eigenvalue weighted by molar-refractivity contribution is -0.0805. The molecular formula is C40H50N7O7P. The van der Waals surface area contributed by atoms with Crippen LogP contribution in [0.2, 0.25) is 0 Å². The lowest BCUT2D eigenvalue weighted by Crippen LogP contribution is -2.39. The molecule has 1 aliphatic heterocycles. The van der Waals surface area contributed by atoms with Crippen LogP contribution in [0.25, 0.3) is 5.65 Å². The summed E-state index contributed by atoms with van der Waals surface area (Å²) in [4.78, 5) is 19.6. The van der Waals surface area contributed by atoms with Crippen LogP contribution in [-0.4, -0.2) is 75.6 Å². The smallest absolute Gasteiger partial charge is 0.350 e. The highest BCUT2D eigenvalue weighted by atomic mass is 31.2. The third kappa shape index (κ3) is 8.53. The van der Waals surface area contributed by atoms with Gasteiger partial charge in [0.2, 0.25) is 5.95 Å². The summed E-state index contributed by atoms with van der Waals surface area (Å²) in [5, 5.41) is 8.58. The maximum absolute atomic E-state index is 12.7. The van der Waals surface area contributed by atoms with Crippen LogP contribution in [0, 0.1) is 0 Å². The number of hydrogen-bond donors (Lipinski definition) is 2. The Kier molecular flexibility index (Phi) is 12.8. The molecule has 4 unspecified atom stereocenters. The molecule has 1 fully saturated rings. The SMILES string of the molecule is CC/C=N/OP(OC1CC(c2cnn3c(=O)[nH]c(N)nc23)OC1COC(c1ccccc1)(c1ccc(OC)cc1)c1ccc(OC)cc1)N(C(C)C)C(C)C. The molecule has 55 heavy (non-hydrogen) atoms. The molecule has 1 aliphatic rings. The zero-order valence-electron chi connectivity index (χ0n) is 32.3. The number of H-pyrrole nitrogens is 1. The van der Waals surface area contributed by atoms with Gasteiger partial charge in [0.25, 0.3) is 0 Å². The van der Waals surface area contributed by atoms with Gasteiger partial charge < -0.3 is 33.8 Å². The number of benzene rings is 3. The van der Waals surface area contributed by atoms with Gasteiger partial charge in [-0.1, -0.05) is 66.7 Å². The van der Waals surface area contributed by atoms with E-state index in [1.165, 1.54) is 4.52 Å². The Morgan fingerprint density at radius 3 is 2.15 bits per heavy atom. The summed E-state index contributed by atoms with van der Waals surface area (Å²) in [5.74, 6) is 1.42. The molecule has 3 heterocycles. The van der Waals surface area contributed by atoms with Crippen molar-refractivity contribution >= 4 is 26.3 Å². The van der Waals surface area contributed by atoms with E-state index < -0.39 is 38.1 Å². The van der Waals surface area contributed by atoms with Crippen molar-refractivity contribution in [3.63, 3.8) is 0 Å². The van der Waals surface area contributed by atoms with Gasteiger partial charge in [0.15, 0.2) is 5.65 Å². The zero-order valence-corrected chi connectivity index (χ0v) is 33.2.